The van der Waals surface area contributed by atoms with Crippen LogP contribution in [0.5, 0.6) is 0 Å². The number of aryl methyl sites for hydroxylation is 3. The van der Waals surface area contributed by atoms with Gasteiger partial charge in [-0.3, -0.25) is 9.59 Å². The molecule has 7 nitrogen and oxygen atoms in total. The van der Waals surface area contributed by atoms with Gasteiger partial charge >= 0.3 is 0 Å². The average Bonchev–Trinajstić information content (AvgIpc) is 3.01. The second kappa shape index (κ2) is 8.54. The normalized spacial score (nSPS) is 10.8. The van der Waals surface area contributed by atoms with E-state index in [1.807, 2.05) is 20.8 Å². The van der Waals surface area contributed by atoms with E-state index in [9.17, 15) is 9.59 Å². The molecule has 2 aromatic rings. The number of carbonyl (C=O) groups excluding carboxylic acids is 2. The molecule has 0 radical (unpaired) electrons. The third kappa shape index (κ3) is 5.25. The van der Waals surface area contributed by atoms with E-state index in [0.717, 1.165) is 26.9 Å². The molecule has 0 atom stereocenters. The molecule has 0 saturated heterocycles. The zero-order valence-corrected chi connectivity index (χ0v) is 16.0. The Labute approximate surface area is 152 Å². The molecular formula is C14H18N4O3S3. The van der Waals surface area contributed by atoms with Crippen molar-refractivity contribution in [3.8, 4) is 0 Å². The summed E-state index contributed by atoms with van der Waals surface area (Å²) in [6.45, 7) is 5.58. The first-order valence-corrected chi connectivity index (χ1v) is 10.0. The molecule has 0 aliphatic rings. The molecule has 0 spiro atoms. The first kappa shape index (κ1) is 18.8. The lowest BCUT2D eigenvalue weighted by molar-refractivity contribution is -0.115. The fourth-order valence-electron chi connectivity index (χ4n) is 1.82. The Hall–Kier alpha value is -1.52. The quantitative estimate of drug-likeness (QED) is 0.670. The van der Waals surface area contributed by atoms with Gasteiger partial charge < -0.3 is 15.6 Å². The first-order valence-electron chi connectivity index (χ1n) is 7.04. The Morgan fingerprint density at radius 3 is 2.62 bits per heavy atom. The van der Waals surface area contributed by atoms with Gasteiger partial charge in [0.2, 0.25) is 11.8 Å². The first-order chi connectivity index (χ1) is 11.4. The van der Waals surface area contributed by atoms with E-state index < -0.39 is 0 Å². The SMILES string of the molecule is Cc1nc(NC(=O)CSCc2c(C)noc2C)sc1SCC(N)=O. The van der Waals surface area contributed by atoms with E-state index in [-0.39, 0.29) is 17.6 Å². The van der Waals surface area contributed by atoms with Crippen LogP contribution < -0.4 is 11.1 Å². The van der Waals surface area contributed by atoms with Crippen LogP contribution in [-0.2, 0) is 15.3 Å². The zero-order chi connectivity index (χ0) is 17.7. The summed E-state index contributed by atoms with van der Waals surface area (Å²) in [6, 6.07) is 0. The monoisotopic (exact) mass is 386 g/mol. The number of aromatic nitrogens is 2. The number of nitrogens with two attached hydrogens (primary N) is 1. The number of thioether (sulfide) groups is 2. The summed E-state index contributed by atoms with van der Waals surface area (Å²) in [5.74, 6) is 1.47. The van der Waals surface area contributed by atoms with Gasteiger partial charge in [0.15, 0.2) is 5.13 Å². The van der Waals surface area contributed by atoms with Gasteiger partial charge in [0.1, 0.15) is 5.76 Å². The van der Waals surface area contributed by atoms with Crippen LogP contribution in [0.3, 0.4) is 0 Å². The highest BCUT2D eigenvalue weighted by Crippen LogP contribution is 2.32. The van der Waals surface area contributed by atoms with E-state index >= 15 is 0 Å². The van der Waals surface area contributed by atoms with Crippen LogP contribution in [0.25, 0.3) is 0 Å². The van der Waals surface area contributed by atoms with Crippen molar-refractivity contribution in [1.29, 1.82) is 0 Å². The van der Waals surface area contributed by atoms with Gasteiger partial charge in [-0.05, 0) is 20.8 Å². The van der Waals surface area contributed by atoms with Crippen LogP contribution in [0.2, 0.25) is 0 Å². The topological polar surface area (TPSA) is 111 Å². The molecule has 24 heavy (non-hydrogen) atoms. The molecule has 0 aliphatic carbocycles. The second-order valence-corrected chi connectivity index (χ2v) is 8.22. The number of primary amides is 1. The van der Waals surface area contributed by atoms with Gasteiger partial charge in [0.25, 0.3) is 0 Å². The Balaban J connectivity index is 1.82. The number of hydrogen-bond acceptors (Lipinski definition) is 8. The van der Waals surface area contributed by atoms with Gasteiger partial charge in [0, 0.05) is 11.3 Å². The largest absolute Gasteiger partial charge is 0.369 e. The fraction of sp³-hybridized carbons (Fsp3) is 0.429. The number of amides is 2. The number of carbonyl (C=O) groups is 2. The van der Waals surface area contributed by atoms with Gasteiger partial charge in [-0.1, -0.05) is 16.5 Å². The summed E-state index contributed by atoms with van der Waals surface area (Å²) in [7, 11) is 0. The van der Waals surface area contributed by atoms with Crippen LogP contribution in [0, 0.1) is 20.8 Å². The molecule has 2 amide bonds. The molecule has 0 aliphatic heterocycles. The van der Waals surface area contributed by atoms with E-state index in [2.05, 4.69) is 15.5 Å². The van der Waals surface area contributed by atoms with Crippen molar-refractivity contribution in [2.24, 2.45) is 5.73 Å². The van der Waals surface area contributed by atoms with Crippen LogP contribution in [-0.4, -0.2) is 33.5 Å². The lowest BCUT2D eigenvalue weighted by Gasteiger charge is -2.02. The highest BCUT2D eigenvalue weighted by Gasteiger charge is 2.13. The zero-order valence-electron chi connectivity index (χ0n) is 13.5. The third-order valence-electron chi connectivity index (χ3n) is 3.01. The highest BCUT2D eigenvalue weighted by molar-refractivity contribution is 8.01. The van der Waals surface area contributed by atoms with E-state index in [1.54, 1.807) is 0 Å². The van der Waals surface area contributed by atoms with Gasteiger partial charge in [-0.25, -0.2) is 4.98 Å². The van der Waals surface area contributed by atoms with Gasteiger partial charge in [-0.15, -0.1) is 23.5 Å². The standard InChI is InChI=1S/C14H18N4O3S3/c1-7-10(9(3)21-18-7)4-22-6-12(20)17-14-16-8(2)13(24-14)23-5-11(15)19/h4-6H2,1-3H3,(H2,15,19)(H,16,17,20). The van der Waals surface area contributed by atoms with Gasteiger partial charge in [0.05, 0.1) is 27.1 Å². The lowest BCUT2D eigenvalue weighted by Crippen LogP contribution is -2.14. The number of nitrogens with zero attached hydrogens (tertiary/aromatic N) is 2. The molecule has 0 saturated carbocycles. The molecule has 0 aromatic carbocycles. The number of thiazole rings is 1. The minimum absolute atomic E-state index is 0.119. The molecule has 2 heterocycles. The predicted octanol–water partition coefficient (Wildman–Crippen LogP) is 2.51. The smallest absolute Gasteiger partial charge is 0.236 e. The summed E-state index contributed by atoms with van der Waals surface area (Å²) >= 11 is 4.16. The summed E-state index contributed by atoms with van der Waals surface area (Å²) in [5, 5.41) is 7.20. The molecule has 0 bridgehead atoms. The van der Waals surface area contributed by atoms with E-state index in [1.165, 1.54) is 34.9 Å². The van der Waals surface area contributed by atoms with Crippen molar-refractivity contribution < 1.29 is 14.1 Å². The molecular weight excluding hydrogens is 368 g/mol. The molecule has 2 aromatic heterocycles. The Morgan fingerprint density at radius 2 is 2.00 bits per heavy atom. The summed E-state index contributed by atoms with van der Waals surface area (Å²) < 4.78 is 5.98. The van der Waals surface area contributed by atoms with Crippen molar-refractivity contribution in [3.05, 3.63) is 22.7 Å². The minimum atomic E-state index is -0.380. The van der Waals surface area contributed by atoms with Crippen molar-refractivity contribution in [1.82, 2.24) is 10.1 Å². The maximum atomic E-state index is 12.0. The number of nitrogens with one attached hydrogen (secondary N) is 1. The summed E-state index contributed by atoms with van der Waals surface area (Å²) in [5.41, 5.74) is 7.80. The van der Waals surface area contributed by atoms with Crippen molar-refractivity contribution in [2.45, 2.75) is 30.7 Å². The van der Waals surface area contributed by atoms with Crippen molar-refractivity contribution >= 4 is 51.8 Å². The number of hydrogen-bond donors (Lipinski definition) is 2. The Kier molecular flexibility index (Phi) is 6.69. The maximum Gasteiger partial charge on any atom is 0.236 e. The molecule has 2 rings (SSSR count). The predicted molar refractivity (Wildman–Crippen MR) is 97.5 cm³/mol. The number of anilines is 1. The average molecular weight is 387 g/mol. The Bertz CT molecular complexity index is 722. The summed E-state index contributed by atoms with van der Waals surface area (Å²) in [6.07, 6.45) is 0. The van der Waals surface area contributed by atoms with Crippen LogP contribution in [0.15, 0.2) is 8.73 Å². The van der Waals surface area contributed by atoms with Crippen LogP contribution >= 0.6 is 34.9 Å². The molecule has 3 N–H and O–H groups in total. The maximum absolute atomic E-state index is 12.0. The molecule has 0 fully saturated rings. The molecule has 130 valence electrons. The van der Waals surface area contributed by atoms with E-state index in [0.29, 0.717) is 16.6 Å². The second-order valence-electron chi connectivity index (χ2n) is 4.99. The molecule has 10 heteroatoms. The number of rotatable bonds is 8. The van der Waals surface area contributed by atoms with E-state index in [4.69, 9.17) is 10.3 Å². The van der Waals surface area contributed by atoms with Crippen molar-refractivity contribution in [2.75, 3.05) is 16.8 Å². The molecule has 0 unspecified atom stereocenters. The summed E-state index contributed by atoms with van der Waals surface area (Å²) in [4.78, 5) is 27.1. The lowest BCUT2D eigenvalue weighted by atomic mass is 10.2. The Morgan fingerprint density at radius 1 is 1.25 bits per heavy atom. The third-order valence-corrected chi connectivity index (χ3v) is 6.42. The fourth-order valence-corrected chi connectivity index (χ4v) is 4.69. The van der Waals surface area contributed by atoms with Gasteiger partial charge in [-0.2, -0.15) is 0 Å². The highest BCUT2D eigenvalue weighted by atomic mass is 32.2. The van der Waals surface area contributed by atoms with Crippen LogP contribution in [0.1, 0.15) is 22.7 Å². The minimum Gasteiger partial charge on any atom is -0.369 e. The van der Waals surface area contributed by atoms with Crippen molar-refractivity contribution in [3.63, 3.8) is 0 Å². The van der Waals surface area contributed by atoms with Crippen LogP contribution in [0.4, 0.5) is 5.13 Å².